The van der Waals surface area contributed by atoms with Gasteiger partial charge in [0.25, 0.3) is 0 Å². The number of nitrogens with zero attached hydrogens (tertiary/aromatic N) is 2. The van der Waals surface area contributed by atoms with Crippen molar-refractivity contribution in [3.63, 3.8) is 0 Å². The molecule has 1 fully saturated rings. The van der Waals surface area contributed by atoms with Crippen LogP contribution in [0.2, 0.25) is 0 Å². The van der Waals surface area contributed by atoms with Gasteiger partial charge >= 0.3 is 0 Å². The molecule has 96 valence electrons. The highest BCUT2D eigenvalue weighted by Gasteiger charge is 2.23. The van der Waals surface area contributed by atoms with Crippen molar-refractivity contribution >= 4 is 0 Å². The number of rotatable bonds is 5. The lowest BCUT2D eigenvalue weighted by Gasteiger charge is -2.30. The molecule has 4 nitrogen and oxygen atoms in total. The Balaban J connectivity index is 2.35. The van der Waals surface area contributed by atoms with E-state index in [1.54, 1.807) is 0 Å². The Hall–Kier alpha value is -0.160. The molecule has 1 aliphatic rings. The summed E-state index contributed by atoms with van der Waals surface area (Å²) in [5.41, 5.74) is -0.563. The topological polar surface area (TPSA) is 46.9 Å². The molecule has 0 aromatic heterocycles. The van der Waals surface area contributed by atoms with Crippen molar-refractivity contribution in [3.8, 4) is 0 Å². The van der Waals surface area contributed by atoms with Gasteiger partial charge in [0.1, 0.15) is 0 Å². The Morgan fingerprint density at radius 1 is 1.12 bits per heavy atom. The molecule has 1 unspecified atom stereocenters. The minimum atomic E-state index is -0.563. The molecule has 1 aliphatic heterocycles. The largest absolute Gasteiger partial charge is 0.395 e. The van der Waals surface area contributed by atoms with E-state index in [4.69, 9.17) is 5.11 Å². The maximum atomic E-state index is 10.0. The van der Waals surface area contributed by atoms with Crippen molar-refractivity contribution in [3.05, 3.63) is 0 Å². The molecule has 0 aliphatic carbocycles. The van der Waals surface area contributed by atoms with Crippen LogP contribution in [0.15, 0.2) is 0 Å². The fourth-order valence-corrected chi connectivity index (χ4v) is 2.14. The molecule has 4 heteroatoms. The molecule has 0 aromatic rings. The molecule has 0 bridgehead atoms. The van der Waals surface area contributed by atoms with Crippen LogP contribution in [0.4, 0.5) is 0 Å². The monoisotopic (exact) mass is 230 g/mol. The van der Waals surface area contributed by atoms with Crippen LogP contribution in [-0.2, 0) is 0 Å². The highest BCUT2D eigenvalue weighted by molar-refractivity contribution is 4.78. The lowest BCUT2D eigenvalue weighted by Crippen LogP contribution is -2.42. The maximum absolute atomic E-state index is 10.0. The van der Waals surface area contributed by atoms with Crippen LogP contribution in [0.1, 0.15) is 26.7 Å². The van der Waals surface area contributed by atoms with Crippen LogP contribution >= 0.6 is 0 Å². The number of aliphatic hydroxyl groups is 2. The fourth-order valence-electron chi connectivity index (χ4n) is 2.14. The molecule has 0 spiro atoms. The van der Waals surface area contributed by atoms with E-state index in [0.717, 1.165) is 52.1 Å². The molecule has 0 aromatic carbocycles. The second-order valence-electron chi connectivity index (χ2n) is 5.05. The summed E-state index contributed by atoms with van der Waals surface area (Å²) in [6.45, 7) is 9.82. The van der Waals surface area contributed by atoms with Gasteiger partial charge in [-0.3, -0.25) is 9.80 Å². The number of aliphatic hydroxyl groups excluding tert-OH is 1. The van der Waals surface area contributed by atoms with E-state index in [0.29, 0.717) is 0 Å². The standard InChI is InChI=1S/C12H26N2O2/c1-3-12(2,16)11-14-6-4-5-13(7-8-14)9-10-15/h15-16H,3-11H2,1-2H3. The first-order chi connectivity index (χ1) is 7.57. The van der Waals surface area contributed by atoms with E-state index in [1.807, 2.05) is 13.8 Å². The van der Waals surface area contributed by atoms with Crippen molar-refractivity contribution in [1.82, 2.24) is 9.80 Å². The van der Waals surface area contributed by atoms with Crippen molar-refractivity contribution in [1.29, 1.82) is 0 Å². The van der Waals surface area contributed by atoms with E-state index in [1.165, 1.54) is 0 Å². The van der Waals surface area contributed by atoms with Crippen molar-refractivity contribution in [2.45, 2.75) is 32.3 Å². The van der Waals surface area contributed by atoms with E-state index in [-0.39, 0.29) is 6.61 Å². The maximum Gasteiger partial charge on any atom is 0.0743 e. The first-order valence-electron chi connectivity index (χ1n) is 6.35. The minimum Gasteiger partial charge on any atom is -0.395 e. The predicted molar refractivity (Wildman–Crippen MR) is 65.5 cm³/mol. The summed E-state index contributed by atoms with van der Waals surface area (Å²) in [7, 11) is 0. The zero-order valence-corrected chi connectivity index (χ0v) is 10.7. The Morgan fingerprint density at radius 3 is 2.38 bits per heavy atom. The van der Waals surface area contributed by atoms with Gasteiger partial charge in [0.15, 0.2) is 0 Å². The second-order valence-corrected chi connectivity index (χ2v) is 5.05. The summed E-state index contributed by atoms with van der Waals surface area (Å²) in [6, 6.07) is 0. The van der Waals surface area contributed by atoms with Gasteiger partial charge in [0.2, 0.25) is 0 Å². The first-order valence-corrected chi connectivity index (χ1v) is 6.35. The highest BCUT2D eigenvalue weighted by Crippen LogP contribution is 2.12. The normalized spacial score (nSPS) is 24.0. The van der Waals surface area contributed by atoms with Crippen LogP contribution in [-0.4, -0.2) is 71.5 Å². The van der Waals surface area contributed by atoms with Crippen LogP contribution in [0.5, 0.6) is 0 Å². The number of hydrogen-bond acceptors (Lipinski definition) is 4. The molecular formula is C12H26N2O2. The van der Waals surface area contributed by atoms with Crippen LogP contribution < -0.4 is 0 Å². The molecule has 0 radical (unpaired) electrons. The summed E-state index contributed by atoms with van der Waals surface area (Å²) >= 11 is 0. The first kappa shape index (κ1) is 13.9. The number of hydrogen-bond donors (Lipinski definition) is 2. The van der Waals surface area contributed by atoms with Crippen molar-refractivity contribution in [2.75, 3.05) is 45.9 Å². The fraction of sp³-hybridized carbons (Fsp3) is 1.00. The third-order valence-electron chi connectivity index (χ3n) is 3.42. The molecule has 1 rings (SSSR count). The molecule has 0 amide bonds. The number of β-amino-alcohol motifs (C(OH)–C–C–N with tert-alkyl or cyclic N) is 2. The quantitative estimate of drug-likeness (QED) is 0.706. The molecule has 1 heterocycles. The van der Waals surface area contributed by atoms with Gasteiger partial charge in [0.05, 0.1) is 12.2 Å². The highest BCUT2D eigenvalue weighted by atomic mass is 16.3. The summed E-state index contributed by atoms with van der Waals surface area (Å²) in [5, 5.41) is 18.9. The lowest BCUT2D eigenvalue weighted by atomic mass is 10.0. The van der Waals surface area contributed by atoms with Crippen LogP contribution in [0, 0.1) is 0 Å². The molecule has 0 saturated carbocycles. The third-order valence-corrected chi connectivity index (χ3v) is 3.42. The van der Waals surface area contributed by atoms with Gasteiger partial charge in [-0.15, -0.1) is 0 Å². The molecule has 1 saturated heterocycles. The van der Waals surface area contributed by atoms with E-state index >= 15 is 0 Å². The van der Waals surface area contributed by atoms with Crippen LogP contribution in [0.3, 0.4) is 0 Å². The van der Waals surface area contributed by atoms with Gasteiger partial charge in [-0.2, -0.15) is 0 Å². The summed E-state index contributed by atoms with van der Waals surface area (Å²) in [5.74, 6) is 0. The third kappa shape index (κ3) is 4.78. The average molecular weight is 230 g/mol. The van der Waals surface area contributed by atoms with Gasteiger partial charge in [-0.1, -0.05) is 6.92 Å². The van der Waals surface area contributed by atoms with Gasteiger partial charge < -0.3 is 10.2 Å². The second kappa shape index (κ2) is 6.55. The molecule has 1 atom stereocenters. The zero-order chi connectivity index (χ0) is 12.0. The zero-order valence-electron chi connectivity index (χ0n) is 10.7. The van der Waals surface area contributed by atoms with E-state index < -0.39 is 5.60 Å². The summed E-state index contributed by atoms with van der Waals surface area (Å²) in [4.78, 5) is 4.63. The Kier molecular flexibility index (Phi) is 5.69. The Morgan fingerprint density at radius 2 is 1.75 bits per heavy atom. The lowest BCUT2D eigenvalue weighted by molar-refractivity contribution is 0.0174. The van der Waals surface area contributed by atoms with Gasteiger partial charge in [-0.05, 0) is 32.9 Å². The Labute approximate surface area is 98.9 Å². The van der Waals surface area contributed by atoms with E-state index in [2.05, 4.69) is 9.80 Å². The SMILES string of the molecule is CCC(C)(O)CN1CCCN(CCO)CC1. The summed E-state index contributed by atoms with van der Waals surface area (Å²) < 4.78 is 0. The summed E-state index contributed by atoms with van der Waals surface area (Å²) in [6.07, 6.45) is 1.92. The van der Waals surface area contributed by atoms with E-state index in [9.17, 15) is 5.11 Å². The molecular weight excluding hydrogens is 204 g/mol. The van der Waals surface area contributed by atoms with Gasteiger partial charge in [-0.25, -0.2) is 0 Å². The average Bonchev–Trinajstić information content (AvgIpc) is 2.44. The molecule has 16 heavy (non-hydrogen) atoms. The predicted octanol–water partition coefficient (Wildman–Crippen LogP) is 0.147. The Bertz CT molecular complexity index is 197. The van der Waals surface area contributed by atoms with Gasteiger partial charge in [0, 0.05) is 26.2 Å². The van der Waals surface area contributed by atoms with Crippen molar-refractivity contribution < 1.29 is 10.2 Å². The molecule has 2 N–H and O–H groups in total. The smallest absolute Gasteiger partial charge is 0.0743 e. The van der Waals surface area contributed by atoms with Crippen LogP contribution in [0.25, 0.3) is 0 Å². The minimum absolute atomic E-state index is 0.243. The van der Waals surface area contributed by atoms with Crippen molar-refractivity contribution in [2.24, 2.45) is 0 Å².